The molecule has 5 heterocycles. The largest absolute Gasteiger partial charge is 0.372 e. The van der Waals surface area contributed by atoms with E-state index in [-0.39, 0.29) is 12.0 Å². The zero-order valence-corrected chi connectivity index (χ0v) is 17.9. The lowest BCUT2D eigenvalue weighted by Crippen LogP contribution is -2.37. The van der Waals surface area contributed by atoms with Gasteiger partial charge in [-0.05, 0) is 37.8 Å². The summed E-state index contributed by atoms with van der Waals surface area (Å²) in [6.45, 7) is 4.94. The molecule has 1 amide bonds. The molecule has 0 atom stereocenters. The fourth-order valence-electron chi connectivity index (χ4n) is 4.36. The number of imidazole rings is 1. The second-order valence-corrected chi connectivity index (χ2v) is 8.94. The van der Waals surface area contributed by atoms with Crippen LogP contribution in [0.2, 0.25) is 0 Å². The van der Waals surface area contributed by atoms with Gasteiger partial charge in [0.2, 0.25) is 0 Å². The fourth-order valence-corrected chi connectivity index (χ4v) is 5.09. The Morgan fingerprint density at radius 1 is 1.17 bits per heavy atom. The molecule has 0 aliphatic carbocycles. The molecule has 30 heavy (non-hydrogen) atoms. The lowest BCUT2D eigenvalue weighted by Gasteiger charge is -2.31. The smallest absolute Gasteiger partial charge is 0.274 e. The van der Waals surface area contributed by atoms with Crippen LogP contribution in [0.1, 0.15) is 47.6 Å². The number of hydrogen-bond donors (Lipinski definition) is 0. The van der Waals surface area contributed by atoms with Crippen LogP contribution in [0.15, 0.2) is 36.0 Å². The minimum absolute atomic E-state index is 0.0898. The molecule has 0 radical (unpaired) electrons. The first kappa shape index (κ1) is 19.7. The molecule has 0 bridgehead atoms. The Morgan fingerprint density at radius 3 is 2.77 bits per heavy atom. The fraction of sp³-hybridized carbons (Fsp3) is 0.500. The third-order valence-electron chi connectivity index (χ3n) is 6.06. The van der Waals surface area contributed by atoms with Crippen molar-refractivity contribution < 1.29 is 9.53 Å². The third-order valence-corrected chi connectivity index (χ3v) is 6.81. The minimum Gasteiger partial charge on any atom is -0.372 e. The summed E-state index contributed by atoms with van der Waals surface area (Å²) in [7, 11) is 0. The van der Waals surface area contributed by atoms with Crippen molar-refractivity contribution >= 4 is 22.2 Å². The second-order valence-electron chi connectivity index (χ2n) is 8.07. The van der Waals surface area contributed by atoms with Gasteiger partial charge < -0.3 is 9.64 Å². The van der Waals surface area contributed by atoms with Gasteiger partial charge in [0.1, 0.15) is 0 Å². The summed E-state index contributed by atoms with van der Waals surface area (Å²) >= 11 is 1.59. The number of rotatable bonds is 6. The molecule has 7 nitrogen and oxygen atoms in total. The molecule has 3 aromatic rings. The van der Waals surface area contributed by atoms with Gasteiger partial charge in [-0.2, -0.15) is 0 Å². The number of thiazole rings is 1. The van der Waals surface area contributed by atoms with Crippen LogP contribution >= 0.6 is 11.3 Å². The molecule has 0 N–H and O–H groups in total. The predicted octanol–water partition coefficient (Wildman–Crippen LogP) is 3.21. The molecule has 5 rings (SSSR count). The van der Waals surface area contributed by atoms with Crippen molar-refractivity contribution in [1.82, 2.24) is 24.2 Å². The number of piperidine rings is 1. The SMILES string of the molecule is O=C(c1nc2sccn2c1CN1CCC(OCc2ccccn2)CC1)N1CCCC1. The predicted molar refractivity (Wildman–Crippen MR) is 116 cm³/mol. The highest BCUT2D eigenvalue weighted by Gasteiger charge is 2.28. The summed E-state index contributed by atoms with van der Waals surface area (Å²) in [5, 5.41) is 2.04. The molecule has 8 heteroatoms. The molecule has 0 spiro atoms. The quantitative estimate of drug-likeness (QED) is 0.607. The first-order chi connectivity index (χ1) is 14.8. The van der Waals surface area contributed by atoms with Crippen LogP contribution in [0.5, 0.6) is 0 Å². The number of carbonyl (C=O) groups is 1. The van der Waals surface area contributed by atoms with E-state index in [1.54, 1.807) is 17.5 Å². The van der Waals surface area contributed by atoms with E-state index in [1.807, 2.05) is 34.7 Å². The van der Waals surface area contributed by atoms with Crippen molar-refractivity contribution in [1.29, 1.82) is 0 Å². The van der Waals surface area contributed by atoms with Crippen molar-refractivity contribution in [3.05, 3.63) is 53.1 Å². The van der Waals surface area contributed by atoms with E-state index >= 15 is 0 Å². The lowest BCUT2D eigenvalue weighted by molar-refractivity contribution is -0.00552. The minimum atomic E-state index is 0.0898. The van der Waals surface area contributed by atoms with E-state index in [4.69, 9.17) is 9.72 Å². The van der Waals surface area contributed by atoms with Crippen LogP contribution in [0, 0.1) is 0 Å². The molecule has 0 saturated carbocycles. The Morgan fingerprint density at radius 2 is 2.00 bits per heavy atom. The number of amides is 1. The topological polar surface area (TPSA) is 63.0 Å². The van der Waals surface area contributed by atoms with Crippen molar-refractivity contribution in [2.24, 2.45) is 0 Å². The van der Waals surface area contributed by atoms with Crippen molar-refractivity contribution in [2.75, 3.05) is 26.2 Å². The summed E-state index contributed by atoms with van der Waals surface area (Å²) in [5.41, 5.74) is 2.64. The standard InChI is InChI=1S/C22H27N5O2S/c28-21(26-9-3-4-10-26)20-19(27-13-14-30-22(27)24-20)15-25-11-6-18(7-12-25)29-16-17-5-1-2-8-23-17/h1-2,5,8,13-14,18H,3-4,6-7,9-12,15-16H2. The number of aromatic nitrogens is 3. The van der Waals surface area contributed by atoms with E-state index < -0.39 is 0 Å². The molecular formula is C22H27N5O2S. The zero-order chi connectivity index (χ0) is 20.3. The first-order valence-electron chi connectivity index (χ1n) is 10.8. The van der Waals surface area contributed by atoms with E-state index in [9.17, 15) is 4.79 Å². The van der Waals surface area contributed by atoms with Gasteiger partial charge >= 0.3 is 0 Å². The van der Waals surface area contributed by atoms with Gasteiger partial charge in [-0.25, -0.2) is 4.98 Å². The lowest BCUT2D eigenvalue weighted by atomic mass is 10.1. The van der Waals surface area contributed by atoms with Crippen LogP contribution in [0.4, 0.5) is 0 Å². The normalized spacial score (nSPS) is 18.5. The van der Waals surface area contributed by atoms with Gasteiger partial charge in [-0.1, -0.05) is 6.07 Å². The van der Waals surface area contributed by atoms with Gasteiger partial charge in [0.05, 0.1) is 24.1 Å². The summed E-state index contributed by atoms with van der Waals surface area (Å²) < 4.78 is 8.17. The Kier molecular flexibility index (Phi) is 5.79. The highest BCUT2D eigenvalue weighted by molar-refractivity contribution is 7.15. The maximum absolute atomic E-state index is 13.1. The summed E-state index contributed by atoms with van der Waals surface area (Å²) in [4.78, 5) is 27.4. The maximum atomic E-state index is 13.1. The molecule has 2 aliphatic heterocycles. The van der Waals surface area contributed by atoms with Crippen LogP contribution < -0.4 is 0 Å². The van der Waals surface area contributed by atoms with Gasteiger partial charge in [-0.3, -0.25) is 19.1 Å². The summed E-state index contributed by atoms with van der Waals surface area (Å²) in [5.74, 6) is 0.0898. The van der Waals surface area contributed by atoms with Crippen molar-refractivity contribution in [3.63, 3.8) is 0 Å². The van der Waals surface area contributed by atoms with Crippen molar-refractivity contribution in [2.45, 2.75) is 44.9 Å². The molecule has 0 aromatic carbocycles. The molecule has 158 valence electrons. The van der Waals surface area contributed by atoms with Crippen LogP contribution in [0.3, 0.4) is 0 Å². The second kappa shape index (κ2) is 8.83. The Labute approximate surface area is 180 Å². The number of carbonyl (C=O) groups excluding carboxylic acids is 1. The number of ether oxygens (including phenoxy) is 1. The Bertz CT molecular complexity index is 988. The van der Waals surface area contributed by atoms with Gasteiger partial charge in [-0.15, -0.1) is 11.3 Å². The number of nitrogens with zero attached hydrogens (tertiary/aromatic N) is 5. The highest BCUT2D eigenvalue weighted by atomic mass is 32.1. The molecule has 2 fully saturated rings. The van der Waals surface area contributed by atoms with Gasteiger partial charge in [0, 0.05) is 50.5 Å². The maximum Gasteiger partial charge on any atom is 0.274 e. The number of fused-ring (bicyclic) bond motifs is 1. The molecule has 2 aliphatic rings. The number of likely N-dealkylation sites (tertiary alicyclic amines) is 2. The van der Waals surface area contributed by atoms with E-state index in [0.29, 0.717) is 12.3 Å². The van der Waals surface area contributed by atoms with Crippen LogP contribution in [-0.2, 0) is 17.9 Å². The molecule has 2 saturated heterocycles. The Hall–Kier alpha value is -2.29. The number of pyridine rings is 1. The average Bonchev–Trinajstić information content (AvgIpc) is 3.53. The Balaban J connectivity index is 1.22. The van der Waals surface area contributed by atoms with Crippen LogP contribution in [-0.4, -0.2) is 62.4 Å². The van der Waals surface area contributed by atoms with E-state index in [1.165, 1.54) is 0 Å². The molecule has 0 unspecified atom stereocenters. The van der Waals surface area contributed by atoms with E-state index in [0.717, 1.165) is 74.8 Å². The summed E-state index contributed by atoms with van der Waals surface area (Å²) in [6.07, 6.45) is 8.28. The van der Waals surface area contributed by atoms with Crippen molar-refractivity contribution in [3.8, 4) is 0 Å². The molecular weight excluding hydrogens is 398 g/mol. The van der Waals surface area contributed by atoms with Crippen LogP contribution in [0.25, 0.3) is 4.96 Å². The van der Waals surface area contributed by atoms with Gasteiger partial charge in [0.25, 0.3) is 5.91 Å². The van der Waals surface area contributed by atoms with E-state index in [2.05, 4.69) is 14.3 Å². The monoisotopic (exact) mass is 425 g/mol. The molecule has 3 aromatic heterocycles. The average molecular weight is 426 g/mol. The third kappa shape index (κ3) is 4.12. The number of hydrogen-bond acceptors (Lipinski definition) is 6. The zero-order valence-electron chi connectivity index (χ0n) is 17.1. The highest BCUT2D eigenvalue weighted by Crippen LogP contribution is 2.24. The first-order valence-corrected chi connectivity index (χ1v) is 11.6. The van der Waals surface area contributed by atoms with Gasteiger partial charge in [0.15, 0.2) is 10.7 Å². The summed E-state index contributed by atoms with van der Waals surface area (Å²) in [6, 6.07) is 5.91.